The molecule has 0 saturated carbocycles. The van der Waals surface area contributed by atoms with Crippen molar-refractivity contribution < 1.29 is 4.79 Å². The van der Waals surface area contributed by atoms with Crippen LogP contribution in [0.2, 0.25) is 0 Å². The van der Waals surface area contributed by atoms with Gasteiger partial charge in [-0.3, -0.25) is 4.79 Å². The maximum Gasteiger partial charge on any atom is 0.273 e. The number of amides is 1. The van der Waals surface area contributed by atoms with E-state index in [1.807, 2.05) is 14.0 Å². The van der Waals surface area contributed by atoms with Crippen LogP contribution in [0.1, 0.15) is 33.5 Å². The Kier molecular flexibility index (Phi) is 5.09. The molecule has 0 saturated heterocycles. The molecular formula is C16H21N3OS. The van der Waals surface area contributed by atoms with Crippen LogP contribution in [-0.2, 0) is 13.0 Å². The molecule has 4 nitrogen and oxygen atoms in total. The number of nitrogens with zero attached hydrogens (tertiary/aromatic N) is 2. The van der Waals surface area contributed by atoms with Crippen LogP contribution in [0.3, 0.4) is 0 Å². The molecule has 5 heteroatoms. The van der Waals surface area contributed by atoms with Crippen molar-refractivity contribution in [3.63, 3.8) is 0 Å². The van der Waals surface area contributed by atoms with Gasteiger partial charge in [-0.15, -0.1) is 11.3 Å². The zero-order valence-corrected chi connectivity index (χ0v) is 13.5. The first-order chi connectivity index (χ1) is 10.0. The molecule has 0 aliphatic rings. The van der Waals surface area contributed by atoms with Gasteiger partial charge in [0.25, 0.3) is 5.91 Å². The fourth-order valence-electron chi connectivity index (χ4n) is 2.09. The lowest BCUT2D eigenvalue weighted by atomic mass is 10.0. The Hall–Kier alpha value is -1.72. The molecule has 2 N–H and O–H groups in total. The van der Waals surface area contributed by atoms with Gasteiger partial charge in [0.2, 0.25) is 0 Å². The monoisotopic (exact) mass is 303 g/mol. The Morgan fingerprint density at radius 1 is 1.38 bits per heavy atom. The minimum Gasteiger partial charge on any atom is -0.337 e. The van der Waals surface area contributed by atoms with E-state index in [0.29, 0.717) is 12.2 Å². The van der Waals surface area contributed by atoms with E-state index in [4.69, 9.17) is 5.73 Å². The van der Waals surface area contributed by atoms with E-state index < -0.39 is 0 Å². The number of rotatable bonds is 5. The molecule has 112 valence electrons. The molecular weight excluding hydrogens is 282 g/mol. The molecule has 1 aromatic carbocycles. The standard InChI is InChI=1S/C16H21N3OS/c1-11-4-6-13(7-5-11)8-12(2)19(3)16(20)14-10-21-15(9-17)18-14/h4-7,10,12H,8-9,17H2,1-3H3. The maximum absolute atomic E-state index is 12.4. The number of aromatic nitrogens is 1. The Labute approximate surface area is 129 Å². The molecule has 1 unspecified atom stereocenters. The van der Waals surface area contributed by atoms with Crippen molar-refractivity contribution in [2.24, 2.45) is 5.73 Å². The Balaban J connectivity index is 2.02. The first-order valence-electron chi connectivity index (χ1n) is 6.98. The van der Waals surface area contributed by atoms with Crippen molar-refractivity contribution in [1.82, 2.24) is 9.88 Å². The van der Waals surface area contributed by atoms with Gasteiger partial charge in [0, 0.05) is 25.0 Å². The quantitative estimate of drug-likeness (QED) is 0.923. The van der Waals surface area contributed by atoms with Gasteiger partial charge < -0.3 is 10.6 Å². The predicted molar refractivity (Wildman–Crippen MR) is 86.4 cm³/mol. The third kappa shape index (κ3) is 3.89. The predicted octanol–water partition coefficient (Wildman–Crippen LogP) is 2.61. The SMILES string of the molecule is Cc1ccc(CC(C)N(C)C(=O)c2csc(CN)n2)cc1. The van der Waals surface area contributed by atoms with E-state index in [1.165, 1.54) is 22.5 Å². The Morgan fingerprint density at radius 3 is 2.62 bits per heavy atom. The van der Waals surface area contributed by atoms with Crippen molar-refractivity contribution >= 4 is 17.2 Å². The molecule has 1 atom stereocenters. The van der Waals surface area contributed by atoms with Crippen LogP contribution in [0, 0.1) is 6.92 Å². The van der Waals surface area contributed by atoms with Gasteiger partial charge in [0.15, 0.2) is 0 Å². The van der Waals surface area contributed by atoms with E-state index in [2.05, 4.69) is 36.2 Å². The van der Waals surface area contributed by atoms with Crippen LogP contribution in [0.15, 0.2) is 29.6 Å². The largest absolute Gasteiger partial charge is 0.337 e. The molecule has 0 bridgehead atoms. The van der Waals surface area contributed by atoms with Crippen LogP contribution in [0.4, 0.5) is 0 Å². The molecule has 0 spiro atoms. The van der Waals surface area contributed by atoms with E-state index in [1.54, 1.807) is 10.3 Å². The molecule has 0 aliphatic carbocycles. The van der Waals surface area contributed by atoms with Crippen LogP contribution < -0.4 is 5.73 Å². The summed E-state index contributed by atoms with van der Waals surface area (Å²) in [7, 11) is 1.82. The summed E-state index contributed by atoms with van der Waals surface area (Å²) >= 11 is 1.43. The highest BCUT2D eigenvalue weighted by molar-refractivity contribution is 7.09. The number of carbonyl (C=O) groups excluding carboxylic acids is 1. The highest BCUT2D eigenvalue weighted by atomic mass is 32.1. The van der Waals surface area contributed by atoms with E-state index >= 15 is 0 Å². The molecule has 21 heavy (non-hydrogen) atoms. The van der Waals surface area contributed by atoms with Crippen molar-refractivity contribution in [1.29, 1.82) is 0 Å². The highest BCUT2D eigenvalue weighted by Gasteiger charge is 2.20. The molecule has 1 aromatic heterocycles. The summed E-state index contributed by atoms with van der Waals surface area (Å²) in [6.07, 6.45) is 0.830. The number of likely N-dealkylation sites (N-methyl/N-ethyl adjacent to an activating group) is 1. The number of hydrogen-bond donors (Lipinski definition) is 1. The molecule has 2 rings (SSSR count). The summed E-state index contributed by atoms with van der Waals surface area (Å²) in [6.45, 7) is 4.49. The summed E-state index contributed by atoms with van der Waals surface area (Å²) in [6, 6.07) is 8.53. The van der Waals surface area contributed by atoms with E-state index in [0.717, 1.165) is 11.4 Å². The molecule has 2 aromatic rings. The molecule has 0 aliphatic heterocycles. The van der Waals surface area contributed by atoms with Crippen molar-refractivity contribution in [2.75, 3.05) is 7.05 Å². The van der Waals surface area contributed by atoms with Gasteiger partial charge in [0.05, 0.1) is 0 Å². The molecule has 1 amide bonds. The van der Waals surface area contributed by atoms with Crippen LogP contribution >= 0.6 is 11.3 Å². The average Bonchev–Trinajstić information content (AvgIpc) is 2.97. The first-order valence-corrected chi connectivity index (χ1v) is 7.86. The zero-order chi connectivity index (χ0) is 15.4. The van der Waals surface area contributed by atoms with Crippen molar-refractivity contribution in [2.45, 2.75) is 32.9 Å². The zero-order valence-electron chi connectivity index (χ0n) is 12.7. The van der Waals surface area contributed by atoms with Gasteiger partial charge in [-0.05, 0) is 25.8 Å². The lowest BCUT2D eigenvalue weighted by molar-refractivity contribution is 0.0738. The minimum absolute atomic E-state index is 0.0504. The maximum atomic E-state index is 12.4. The van der Waals surface area contributed by atoms with Crippen molar-refractivity contribution in [3.05, 3.63) is 51.5 Å². The van der Waals surface area contributed by atoms with E-state index in [-0.39, 0.29) is 11.9 Å². The highest BCUT2D eigenvalue weighted by Crippen LogP contribution is 2.14. The summed E-state index contributed by atoms with van der Waals surface area (Å²) in [5.41, 5.74) is 8.49. The van der Waals surface area contributed by atoms with Crippen molar-refractivity contribution in [3.8, 4) is 0 Å². The number of nitrogens with two attached hydrogens (primary N) is 1. The van der Waals surface area contributed by atoms with Crippen LogP contribution in [0.5, 0.6) is 0 Å². The number of carbonyl (C=O) groups is 1. The minimum atomic E-state index is -0.0504. The Bertz CT molecular complexity index is 606. The summed E-state index contributed by atoms with van der Waals surface area (Å²) in [4.78, 5) is 18.4. The second kappa shape index (κ2) is 6.83. The smallest absolute Gasteiger partial charge is 0.273 e. The average molecular weight is 303 g/mol. The number of hydrogen-bond acceptors (Lipinski definition) is 4. The summed E-state index contributed by atoms with van der Waals surface area (Å²) < 4.78 is 0. The second-order valence-corrected chi connectivity index (χ2v) is 6.23. The van der Waals surface area contributed by atoms with Gasteiger partial charge in [0.1, 0.15) is 10.7 Å². The third-order valence-electron chi connectivity index (χ3n) is 3.58. The third-order valence-corrected chi connectivity index (χ3v) is 4.45. The lowest BCUT2D eigenvalue weighted by Crippen LogP contribution is -2.36. The summed E-state index contributed by atoms with van der Waals surface area (Å²) in [5, 5.41) is 2.57. The molecule has 0 radical (unpaired) electrons. The molecule has 0 fully saturated rings. The number of thiazole rings is 1. The van der Waals surface area contributed by atoms with Gasteiger partial charge >= 0.3 is 0 Å². The van der Waals surface area contributed by atoms with Gasteiger partial charge in [-0.2, -0.15) is 0 Å². The fraction of sp³-hybridized carbons (Fsp3) is 0.375. The lowest BCUT2D eigenvalue weighted by Gasteiger charge is -2.24. The normalized spacial score (nSPS) is 12.2. The topological polar surface area (TPSA) is 59.2 Å². The number of benzene rings is 1. The Morgan fingerprint density at radius 2 is 2.05 bits per heavy atom. The van der Waals surface area contributed by atoms with Gasteiger partial charge in [-0.1, -0.05) is 29.8 Å². The van der Waals surface area contributed by atoms with Crippen LogP contribution in [-0.4, -0.2) is 28.9 Å². The van der Waals surface area contributed by atoms with Gasteiger partial charge in [-0.25, -0.2) is 4.98 Å². The molecule has 1 heterocycles. The van der Waals surface area contributed by atoms with E-state index in [9.17, 15) is 4.79 Å². The fourth-order valence-corrected chi connectivity index (χ4v) is 2.73. The summed E-state index contributed by atoms with van der Waals surface area (Å²) in [5.74, 6) is -0.0504. The number of aryl methyl sites for hydroxylation is 1. The first kappa shape index (κ1) is 15.7. The van der Waals surface area contributed by atoms with Crippen LogP contribution in [0.25, 0.3) is 0 Å². The second-order valence-electron chi connectivity index (χ2n) is 5.29.